The first-order chi connectivity index (χ1) is 8.67. The van der Waals surface area contributed by atoms with E-state index in [1.807, 2.05) is 6.92 Å². The van der Waals surface area contributed by atoms with Gasteiger partial charge in [0.05, 0.1) is 0 Å². The van der Waals surface area contributed by atoms with Gasteiger partial charge >= 0.3 is 0 Å². The monoisotopic (exact) mass is 250 g/mol. The molecule has 18 heavy (non-hydrogen) atoms. The average molecular weight is 250 g/mol. The molecule has 4 aliphatic carbocycles. The smallest absolute Gasteiger partial charge is 0.221 e. The highest BCUT2D eigenvalue weighted by molar-refractivity contribution is 5.76. The van der Waals surface area contributed by atoms with E-state index in [1.54, 1.807) is 0 Å². The molecule has 0 aliphatic heterocycles. The minimum atomic E-state index is 0.0894. The van der Waals surface area contributed by atoms with Crippen LogP contribution in [0, 0.1) is 29.6 Å². The average Bonchev–Trinajstić information content (AvgIpc) is 2.27. The van der Waals surface area contributed by atoms with Crippen molar-refractivity contribution < 1.29 is 4.79 Å². The fraction of sp³-hybridized carbons (Fsp3) is 0.933. The van der Waals surface area contributed by atoms with E-state index >= 15 is 0 Å². The zero-order valence-corrected chi connectivity index (χ0v) is 11.4. The summed E-state index contributed by atoms with van der Waals surface area (Å²) >= 11 is 0. The summed E-state index contributed by atoms with van der Waals surface area (Å²) in [6.07, 6.45) is 7.56. The van der Waals surface area contributed by atoms with E-state index in [-0.39, 0.29) is 11.9 Å². The van der Waals surface area contributed by atoms with Gasteiger partial charge in [0.15, 0.2) is 0 Å². The maximum atomic E-state index is 11.7. The molecule has 1 unspecified atom stereocenters. The number of hydrogen-bond donors (Lipinski definition) is 2. The number of hydrogen-bond acceptors (Lipinski definition) is 2. The largest absolute Gasteiger partial charge is 0.356 e. The van der Waals surface area contributed by atoms with Crippen molar-refractivity contribution in [2.45, 2.75) is 51.5 Å². The highest BCUT2D eigenvalue weighted by atomic mass is 16.1. The Balaban J connectivity index is 1.63. The van der Waals surface area contributed by atoms with Crippen LogP contribution in [0.4, 0.5) is 0 Å². The van der Waals surface area contributed by atoms with Gasteiger partial charge < -0.3 is 11.1 Å². The molecule has 3 N–H and O–H groups in total. The Morgan fingerprint density at radius 1 is 1.17 bits per heavy atom. The molecule has 3 heteroatoms. The third-order valence-electron chi connectivity index (χ3n) is 5.59. The number of carbonyl (C=O) groups is 1. The fourth-order valence-electron chi connectivity index (χ4n) is 5.29. The van der Waals surface area contributed by atoms with Crippen molar-refractivity contribution in [3.05, 3.63) is 0 Å². The van der Waals surface area contributed by atoms with Crippen LogP contribution in [-0.2, 0) is 4.79 Å². The zero-order valence-electron chi connectivity index (χ0n) is 11.4. The van der Waals surface area contributed by atoms with Gasteiger partial charge in [-0.15, -0.1) is 0 Å². The molecule has 0 aromatic heterocycles. The molecule has 0 heterocycles. The van der Waals surface area contributed by atoms with Crippen molar-refractivity contribution in [1.82, 2.24) is 5.32 Å². The summed E-state index contributed by atoms with van der Waals surface area (Å²) in [5, 5.41) is 2.88. The van der Waals surface area contributed by atoms with Crippen LogP contribution in [0.3, 0.4) is 0 Å². The van der Waals surface area contributed by atoms with E-state index in [2.05, 4.69) is 5.32 Å². The molecule has 3 nitrogen and oxygen atoms in total. The van der Waals surface area contributed by atoms with Crippen molar-refractivity contribution in [3.8, 4) is 0 Å². The fourth-order valence-corrected chi connectivity index (χ4v) is 5.29. The van der Waals surface area contributed by atoms with E-state index < -0.39 is 0 Å². The van der Waals surface area contributed by atoms with Gasteiger partial charge in [0.25, 0.3) is 0 Å². The van der Waals surface area contributed by atoms with Gasteiger partial charge in [-0.2, -0.15) is 0 Å². The summed E-state index contributed by atoms with van der Waals surface area (Å²) in [5.41, 5.74) is 6.37. The molecule has 0 saturated heterocycles. The molecule has 0 aromatic carbocycles. The molecule has 4 saturated carbocycles. The highest BCUT2D eigenvalue weighted by Crippen LogP contribution is 2.57. The molecular weight excluding hydrogens is 224 g/mol. The molecule has 0 radical (unpaired) electrons. The van der Waals surface area contributed by atoms with Gasteiger partial charge in [-0.05, 0) is 68.6 Å². The first-order valence-electron chi connectivity index (χ1n) is 7.69. The van der Waals surface area contributed by atoms with Gasteiger partial charge in [0, 0.05) is 19.0 Å². The number of rotatable bonds is 4. The van der Waals surface area contributed by atoms with E-state index in [9.17, 15) is 4.79 Å². The minimum absolute atomic E-state index is 0.0894. The van der Waals surface area contributed by atoms with Crippen LogP contribution >= 0.6 is 0 Å². The molecule has 4 aliphatic rings. The molecule has 4 fully saturated rings. The van der Waals surface area contributed by atoms with Gasteiger partial charge in [0.1, 0.15) is 0 Å². The second-order valence-electron chi connectivity index (χ2n) is 6.83. The van der Waals surface area contributed by atoms with E-state index in [0.29, 0.717) is 18.9 Å². The lowest BCUT2D eigenvalue weighted by Gasteiger charge is -2.56. The third kappa shape index (κ3) is 2.18. The molecular formula is C15H26N2O. The van der Waals surface area contributed by atoms with Crippen LogP contribution in [0.2, 0.25) is 0 Å². The van der Waals surface area contributed by atoms with Gasteiger partial charge in [0.2, 0.25) is 5.91 Å². The van der Waals surface area contributed by atoms with Gasteiger partial charge in [-0.3, -0.25) is 4.79 Å². The summed E-state index contributed by atoms with van der Waals surface area (Å²) in [6.45, 7) is 2.68. The van der Waals surface area contributed by atoms with E-state index in [4.69, 9.17) is 5.73 Å². The van der Waals surface area contributed by atoms with Crippen LogP contribution in [0.5, 0.6) is 0 Å². The Bertz CT molecular complexity index is 300. The van der Waals surface area contributed by atoms with Crippen LogP contribution in [0.1, 0.15) is 45.4 Å². The number of amides is 1. The number of carbonyl (C=O) groups excluding carboxylic acids is 1. The summed E-state index contributed by atoms with van der Waals surface area (Å²) in [7, 11) is 0. The Morgan fingerprint density at radius 2 is 1.72 bits per heavy atom. The Hall–Kier alpha value is -0.570. The molecule has 1 atom stereocenters. The van der Waals surface area contributed by atoms with Crippen molar-refractivity contribution in [2.75, 3.05) is 6.54 Å². The van der Waals surface area contributed by atoms with Crippen molar-refractivity contribution in [3.63, 3.8) is 0 Å². The molecule has 4 bridgehead atoms. The second kappa shape index (κ2) is 4.84. The van der Waals surface area contributed by atoms with E-state index in [0.717, 1.165) is 23.7 Å². The lowest BCUT2D eigenvalue weighted by molar-refractivity contribution is -0.122. The van der Waals surface area contributed by atoms with Gasteiger partial charge in [-0.25, -0.2) is 0 Å². The standard InChI is InChI=1S/C15H26N2O/c1-2-17-14(18)8-13(16)15-11-4-9-3-10(6-11)7-12(15)5-9/h9-13,15H,2-8,16H2,1H3,(H,17,18). The first-order valence-corrected chi connectivity index (χ1v) is 7.69. The van der Waals surface area contributed by atoms with Crippen LogP contribution < -0.4 is 11.1 Å². The maximum Gasteiger partial charge on any atom is 0.221 e. The summed E-state index contributed by atoms with van der Waals surface area (Å²) in [4.78, 5) is 11.7. The summed E-state index contributed by atoms with van der Waals surface area (Å²) in [6, 6.07) is 0.0894. The van der Waals surface area contributed by atoms with Crippen molar-refractivity contribution in [1.29, 1.82) is 0 Å². The Labute approximate surface area is 110 Å². The first kappa shape index (κ1) is 12.5. The molecule has 0 spiro atoms. The van der Waals surface area contributed by atoms with Crippen LogP contribution in [-0.4, -0.2) is 18.5 Å². The van der Waals surface area contributed by atoms with E-state index in [1.165, 1.54) is 32.1 Å². The quantitative estimate of drug-likeness (QED) is 0.801. The van der Waals surface area contributed by atoms with Crippen LogP contribution in [0.25, 0.3) is 0 Å². The molecule has 1 amide bonds. The van der Waals surface area contributed by atoms with Crippen molar-refractivity contribution in [2.24, 2.45) is 35.3 Å². The normalized spacial score (nSPS) is 42.9. The zero-order chi connectivity index (χ0) is 12.7. The molecule has 102 valence electrons. The van der Waals surface area contributed by atoms with Crippen molar-refractivity contribution >= 4 is 5.91 Å². The number of nitrogens with one attached hydrogen (secondary N) is 1. The molecule has 4 rings (SSSR count). The maximum absolute atomic E-state index is 11.7. The lowest BCUT2D eigenvalue weighted by atomic mass is 9.50. The SMILES string of the molecule is CCNC(=O)CC(N)C1C2CC3CC(C2)CC1C3. The molecule has 0 aromatic rings. The highest BCUT2D eigenvalue weighted by Gasteiger charge is 2.49. The minimum Gasteiger partial charge on any atom is -0.356 e. The number of nitrogens with two attached hydrogens (primary N) is 1. The summed E-state index contributed by atoms with van der Waals surface area (Å²) in [5.74, 6) is 4.39. The second-order valence-corrected chi connectivity index (χ2v) is 6.83. The lowest BCUT2D eigenvalue weighted by Crippen LogP contribution is -2.52. The third-order valence-corrected chi connectivity index (χ3v) is 5.59. The predicted molar refractivity (Wildman–Crippen MR) is 71.8 cm³/mol. The Morgan fingerprint density at radius 3 is 2.22 bits per heavy atom. The summed E-state index contributed by atoms with van der Waals surface area (Å²) < 4.78 is 0. The Kier molecular flexibility index (Phi) is 3.35. The topological polar surface area (TPSA) is 55.1 Å². The predicted octanol–water partition coefficient (Wildman–Crippen LogP) is 1.91. The van der Waals surface area contributed by atoms with Gasteiger partial charge in [-0.1, -0.05) is 0 Å². The van der Waals surface area contributed by atoms with Crippen LogP contribution in [0.15, 0.2) is 0 Å².